The molecule has 1 aromatic rings. The molecule has 0 bridgehead atoms. The number of carbonyl (C=O) groups is 2. The second kappa shape index (κ2) is 7.13. The number of amides is 2. The van der Waals surface area contributed by atoms with E-state index < -0.39 is 5.79 Å². The van der Waals surface area contributed by atoms with Crippen molar-refractivity contribution in [3.05, 3.63) is 24.3 Å². The molecule has 1 spiro atoms. The largest absolute Gasteiger partial charge is 0.378 e. The minimum absolute atomic E-state index is 0.0156. The Morgan fingerprint density at radius 3 is 2.33 bits per heavy atom. The van der Waals surface area contributed by atoms with Gasteiger partial charge in [0.25, 0.3) is 0 Å². The van der Waals surface area contributed by atoms with Crippen molar-refractivity contribution in [1.29, 1.82) is 0 Å². The zero-order valence-electron chi connectivity index (χ0n) is 16.0. The van der Waals surface area contributed by atoms with Crippen LogP contribution >= 0.6 is 0 Å². The van der Waals surface area contributed by atoms with Crippen LogP contribution in [0.1, 0.15) is 19.3 Å². The Balaban J connectivity index is 1.38. The van der Waals surface area contributed by atoms with Crippen molar-refractivity contribution >= 4 is 23.2 Å². The van der Waals surface area contributed by atoms with Crippen LogP contribution in [0.15, 0.2) is 24.3 Å². The van der Waals surface area contributed by atoms with Gasteiger partial charge in [0.15, 0.2) is 5.79 Å². The van der Waals surface area contributed by atoms with Crippen molar-refractivity contribution in [3.63, 3.8) is 0 Å². The van der Waals surface area contributed by atoms with Gasteiger partial charge in [0.2, 0.25) is 11.8 Å². The average Bonchev–Trinajstić information content (AvgIpc) is 3.29. The normalized spacial score (nSPS) is 24.7. The van der Waals surface area contributed by atoms with Crippen molar-refractivity contribution in [2.24, 2.45) is 5.92 Å². The quantitative estimate of drug-likeness (QED) is 0.803. The van der Waals surface area contributed by atoms with Gasteiger partial charge in [-0.1, -0.05) is 0 Å². The van der Waals surface area contributed by atoms with Crippen LogP contribution in [0.4, 0.5) is 11.4 Å². The number of benzene rings is 1. The molecule has 0 N–H and O–H groups in total. The molecule has 7 heteroatoms. The highest BCUT2D eigenvalue weighted by Gasteiger charge is 2.43. The summed E-state index contributed by atoms with van der Waals surface area (Å²) in [6.45, 7) is 2.97. The molecule has 7 nitrogen and oxygen atoms in total. The van der Waals surface area contributed by atoms with E-state index in [0.717, 1.165) is 11.4 Å². The summed E-state index contributed by atoms with van der Waals surface area (Å²) in [6, 6.07) is 7.87. The Bertz CT molecular complexity index is 702. The zero-order valence-corrected chi connectivity index (χ0v) is 16.0. The molecule has 1 atom stereocenters. The minimum Gasteiger partial charge on any atom is -0.378 e. The van der Waals surface area contributed by atoms with Gasteiger partial charge in [-0.05, 0) is 24.3 Å². The first-order valence-electron chi connectivity index (χ1n) is 9.62. The minimum atomic E-state index is -0.484. The van der Waals surface area contributed by atoms with Crippen LogP contribution in [-0.4, -0.2) is 69.4 Å². The van der Waals surface area contributed by atoms with E-state index in [1.807, 2.05) is 48.2 Å². The molecular formula is C20H27N3O4. The molecule has 1 aromatic carbocycles. The number of piperidine rings is 1. The van der Waals surface area contributed by atoms with Crippen LogP contribution in [0.3, 0.4) is 0 Å². The number of nitrogens with zero attached hydrogens (tertiary/aromatic N) is 3. The first kappa shape index (κ1) is 18.3. The molecular weight excluding hydrogens is 346 g/mol. The summed E-state index contributed by atoms with van der Waals surface area (Å²) in [4.78, 5) is 31.0. The standard InChI is InChI=1S/C20H27N3O4/c1-21(2)16-3-5-17(6-4-16)23-14-15(13-18(23)24)19(25)22-9-7-20(8-10-22)26-11-12-27-20/h3-6,15H,7-14H2,1-2H3. The van der Waals surface area contributed by atoms with Gasteiger partial charge >= 0.3 is 0 Å². The average molecular weight is 373 g/mol. The molecule has 4 rings (SSSR count). The Morgan fingerprint density at radius 1 is 1.11 bits per heavy atom. The number of likely N-dealkylation sites (tertiary alicyclic amines) is 1. The Labute approximate surface area is 159 Å². The SMILES string of the molecule is CN(C)c1ccc(N2CC(C(=O)N3CCC4(CC3)OCCO4)CC2=O)cc1. The first-order chi connectivity index (χ1) is 13.0. The predicted molar refractivity (Wildman–Crippen MR) is 102 cm³/mol. The fourth-order valence-electron chi connectivity index (χ4n) is 4.16. The van der Waals surface area contributed by atoms with Crippen molar-refractivity contribution in [2.45, 2.75) is 25.0 Å². The van der Waals surface area contributed by atoms with Gasteiger partial charge in [0, 0.05) is 64.4 Å². The fraction of sp³-hybridized carbons (Fsp3) is 0.600. The maximum absolute atomic E-state index is 12.9. The molecule has 146 valence electrons. The highest BCUT2D eigenvalue weighted by Crippen LogP contribution is 2.33. The van der Waals surface area contributed by atoms with E-state index in [9.17, 15) is 9.59 Å². The fourth-order valence-corrected chi connectivity index (χ4v) is 4.16. The van der Waals surface area contributed by atoms with Crippen molar-refractivity contribution in [2.75, 3.05) is 56.7 Å². The Morgan fingerprint density at radius 2 is 1.74 bits per heavy atom. The molecule has 3 heterocycles. The van der Waals surface area contributed by atoms with Gasteiger partial charge in [-0.3, -0.25) is 9.59 Å². The molecule has 0 saturated carbocycles. The lowest BCUT2D eigenvalue weighted by molar-refractivity contribution is -0.188. The third-order valence-electron chi connectivity index (χ3n) is 5.80. The van der Waals surface area contributed by atoms with Crippen LogP contribution in [0.2, 0.25) is 0 Å². The van der Waals surface area contributed by atoms with Crippen LogP contribution in [0.5, 0.6) is 0 Å². The third kappa shape index (κ3) is 3.53. The number of carbonyl (C=O) groups excluding carboxylic acids is 2. The van der Waals surface area contributed by atoms with Crippen LogP contribution < -0.4 is 9.80 Å². The lowest BCUT2D eigenvalue weighted by atomic mass is 10.0. The molecule has 3 saturated heterocycles. The summed E-state index contributed by atoms with van der Waals surface area (Å²) < 4.78 is 11.5. The molecule has 0 aromatic heterocycles. The molecule has 3 aliphatic heterocycles. The molecule has 27 heavy (non-hydrogen) atoms. The lowest BCUT2D eigenvalue weighted by Crippen LogP contribution is -2.49. The highest BCUT2D eigenvalue weighted by molar-refractivity contribution is 6.00. The predicted octanol–water partition coefficient (Wildman–Crippen LogP) is 1.47. The number of ether oxygens (including phenoxy) is 2. The summed E-state index contributed by atoms with van der Waals surface area (Å²) in [7, 11) is 3.96. The first-order valence-corrected chi connectivity index (χ1v) is 9.62. The summed E-state index contributed by atoms with van der Waals surface area (Å²) in [5.41, 5.74) is 1.93. The van der Waals surface area contributed by atoms with E-state index in [-0.39, 0.29) is 24.2 Å². The summed E-state index contributed by atoms with van der Waals surface area (Å²) in [5, 5.41) is 0. The van der Waals surface area contributed by atoms with Gasteiger partial charge in [-0.15, -0.1) is 0 Å². The monoisotopic (exact) mass is 373 g/mol. The second-order valence-corrected chi connectivity index (χ2v) is 7.75. The molecule has 2 amide bonds. The van der Waals surface area contributed by atoms with Crippen LogP contribution in [0.25, 0.3) is 0 Å². The third-order valence-corrected chi connectivity index (χ3v) is 5.80. The topological polar surface area (TPSA) is 62.3 Å². The molecule has 0 radical (unpaired) electrons. The van der Waals surface area contributed by atoms with E-state index in [2.05, 4.69) is 0 Å². The Hall–Kier alpha value is -2.12. The maximum atomic E-state index is 12.9. The summed E-state index contributed by atoms with van der Waals surface area (Å²) in [6.07, 6.45) is 1.69. The van der Waals surface area contributed by atoms with E-state index in [1.165, 1.54) is 0 Å². The van der Waals surface area contributed by atoms with E-state index in [1.54, 1.807) is 4.90 Å². The van der Waals surface area contributed by atoms with Gasteiger partial charge in [-0.25, -0.2) is 0 Å². The number of hydrogen-bond donors (Lipinski definition) is 0. The molecule has 0 aliphatic carbocycles. The second-order valence-electron chi connectivity index (χ2n) is 7.75. The van der Waals surface area contributed by atoms with Crippen molar-refractivity contribution in [3.8, 4) is 0 Å². The number of anilines is 2. The molecule has 3 aliphatic rings. The van der Waals surface area contributed by atoms with E-state index in [4.69, 9.17) is 9.47 Å². The molecule has 1 unspecified atom stereocenters. The van der Waals surface area contributed by atoms with Crippen molar-refractivity contribution in [1.82, 2.24) is 4.90 Å². The van der Waals surface area contributed by atoms with Gasteiger partial charge in [0.1, 0.15) is 0 Å². The van der Waals surface area contributed by atoms with Gasteiger partial charge < -0.3 is 24.2 Å². The van der Waals surface area contributed by atoms with Gasteiger partial charge in [0.05, 0.1) is 19.1 Å². The lowest BCUT2D eigenvalue weighted by Gasteiger charge is -2.38. The van der Waals surface area contributed by atoms with Gasteiger partial charge in [-0.2, -0.15) is 0 Å². The zero-order chi connectivity index (χ0) is 19.0. The number of hydrogen-bond acceptors (Lipinski definition) is 5. The smallest absolute Gasteiger partial charge is 0.228 e. The Kier molecular flexibility index (Phi) is 4.82. The van der Waals surface area contributed by atoms with Crippen LogP contribution in [0, 0.1) is 5.92 Å². The summed E-state index contributed by atoms with van der Waals surface area (Å²) in [5.74, 6) is -0.668. The van der Waals surface area contributed by atoms with Crippen LogP contribution in [-0.2, 0) is 19.1 Å². The number of rotatable bonds is 3. The van der Waals surface area contributed by atoms with E-state index >= 15 is 0 Å². The highest BCUT2D eigenvalue weighted by atomic mass is 16.7. The molecule has 3 fully saturated rings. The van der Waals surface area contributed by atoms with E-state index in [0.29, 0.717) is 45.7 Å². The summed E-state index contributed by atoms with van der Waals surface area (Å²) >= 11 is 0. The maximum Gasteiger partial charge on any atom is 0.228 e. The van der Waals surface area contributed by atoms with Crippen molar-refractivity contribution < 1.29 is 19.1 Å².